The summed E-state index contributed by atoms with van der Waals surface area (Å²) in [6.45, 7) is 0. The molecule has 1 N–H and O–H groups in total. The highest BCUT2D eigenvalue weighted by atomic mass is 79.9. The van der Waals surface area contributed by atoms with Gasteiger partial charge in [-0.1, -0.05) is 46.3 Å². The van der Waals surface area contributed by atoms with Crippen LogP contribution in [0.4, 0.5) is 5.69 Å². The van der Waals surface area contributed by atoms with Crippen LogP contribution in [0.5, 0.6) is 0 Å². The standard InChI is InChI=1S/C18H12BrN3S/c19-15-6-8-16(9-7-15)21-11-14(10-20)18-22-17(12-23-18)13-4-2-1-3-5-13/h1-9,11-12,21H. The Bertz CT molecular complexity index is 861. The van der Waals surface area contributed by atoms with Crippen molar-refractivity contribution in [3.63, 3.8) is 0 Å². The maximum Gasteiger partial charge on any atom is 0.136 e. The predicted molar refractivity (Wildman–Crippen MR) is 98.9 cm³/mol. The number of thiazole rings is 1. The highest BCUT2D eigenvalue weighted by Crippen LogP contribution is 2.26. The van der Waals surface area contributed by atoms with E-state index in [0.29, 0.717) is 10.6 Å². The Morgan fingerprint density at radius 2 is 1.87 bits per heavy atom. The lowest BCUT2D eigenvalue weighted by Gasteiger charge is -2.01. The zero-order valence-corrected chi connectivity index (χ0v) is 14.4. The number of allylic oxidation sites excluding steroid dienone is 1. The summed E-state index contributed by atoms with van der Waals surface area (Å²) in [7, 11) is 0. The molecule has 2 aromatic carbocycles. The van der Waals surface area contributed by atoms with Gasteiger partial charge in [-0.2, -0.15) is 5.26 Å². The summed E-state index contributed by atoms with van der Waals surface area (Å²) in [5.41, 5.74) is 3.37. The number of hydrogen-bond acceptors (Lipinski definition) is 4. The molecule has 0 unspecified atom stereocenters. The van der Waals surface area contributed by atoms with Crippen LogP contribution in [0.15, 0.2) is 70.7 Å². The van der Waals surface area contributed by atoms with Crippen LogP contribution in [0.25, 0.3) is 16.8 Å². The summed E-state index contributed by atoms with van der Waals surface area (Å²) in [6, 6.07) is 19.9. The zero-order valence-electron chi connectivity index (χ0n) is 12.0. The zero-order chi connectivity index (χ0) is 16.1. The van der Waals surface area contributed by atoms with Gasteiger partial charge in [0.1, 0.15) is 16.6 Å². The van der Waals surface area contributed by atoms with Gasteiger partial charge in [0, 0.05) is 27.3 Å². The van der Waals surface area contributed by atoms with E-state index in [9.17, 15) is 5.26 Å². The van der Waals surface area contributed by atoms with Crippen LogP contribution < -0.4 is 5.32 Å². The van der Waals surface area contributed by atoms with E-state index in [1.54, 1.807) is 6.20 Å². The van der Waals surface area contributed by atoms with Crippen LogP contribution in [-0.2, 0) is 0 Å². The minimum Gasteiger partial charge on any atom is -0.360 e. The smallest absolute Gasteiger partial charge is 0.136 e. The molecule has 3 nitrogen and oxygen atoms in total. The summed E-state index contributed by atoms with van der Waals surface area (Å²) >= 11 is 4.86. The molecule has 0 fully saturated rings. The van der Waals surface area contributed by atoms with Crippen molar-refractivity contribution in [2.45, 2.75) is 0 Å². The number of benzene rings is 2. The van der Waals surface area contributed by atoms with Gasteiger partial charge in [0.2, 0.25) is 0 Å². The van der Waals surface area contributed by atoms with Crippen molar-refractivity contribution in [1.82, 2.24) is 4.98 Å². The van der Waals surface area contributed by atoms with Crippen molar-refractivity contribution in [3.05, 3.63) is 75.7 Å². The molecule has 0 aliphatic carbocycles. The van der Waals surface area contributed by atoms with Crippen LogP contribution in [-0.4, -0.2) is 4.98 Å². The van der Waals surface area contributed by atoms with Crippen LogP contribution in [0.2, 0.25) is 0 Å². The van der Waals surface area contributed by atoms with Gasteiger partial charge in [-0.05, 0) is 24.3 Å². The largest absolute Gasteiger partial charge is 0.360 e. The van der Waals surface area contributed by atoms with Crippen molar-refractivity contribution in [2.75, 3.05) is 5.32 Å². The number of halogens is 1. The molecule has 1 aromatic heterocycles. The van der Waals surface area contributed by atoms with Crippen LogP contribution in [0, 0.1) is 11.3 Å². The number of nitriles is 1. The highest BCUT2D eigenvalue weighted by Gasteiger charge is 2.08. The Morgan fingerprint density at radius 1 is 1.13 bits per heavy atom. The molecule has 112 valence electrons. The highest BCUT2D eigenvalue weighted by molar-refractivity contribution is 9.10. The molecular weight excluding hydrogens is 370 g/mol. The number of hydrogen-bond donors (Lipinski definition) is 1. The molecule has 23 heavy (non-hydrogen) atoms. The molecule has 5 heteroatoms. The normalized spacial score (nSPS) is 11.0. The number of nitrogens with zero attached hydrogens (tertiary/aromatic N) is 2. The average molecular weight is 382 g/mol. The first-order valence-corrected chi connectivity index (χ1v) is 8.57. The maximum atomic E-state index is 9.38. The lowest BCUT2D eigenvalue weighted by atomic mass is 10.2. The predicted octanol–water partition coefficient (Wildman–Crippen LogP) is 5.55. The van der Waals surface area contributed by atoms with Gasteiger partial charge in [0.15, 0.2) is 0 Å². The van der Waals surface area contributed by atoms with Crippen LogP contribution in [0.3, 0.4) is 0 Å². The SMILES string of the molecule is N#CC(=CNc1ccc(Br)cc1)c1nc(-c2ccccc2)cs1. The molecule has 0 aliphatic heterocycles. The second-order valence-corrected chi connectivity index (χ2v) is 6.50. The molecule has 0 bridgehead atoms. The van der Waals surface area contributed by atoms with Crippen molar-refractivity contribution in [1.29, 1.82) is 5.26 Å². The van der Waals surface area contributed by atoms with Crippen molar-refractivity contribution in [2.24, 2.45) is 0 Å². The molecular formula is C18H12BrN3S. The fraction of sp³-hybridized carbons (Fsp3) is 0. The molecule has 0 saturated heterocycles. The molecule has 3 aromatic rings. The van der Waals surface area contributed by atoms with Crippen molar-refractivity contribution < 1.29 is 0 Å². The van der Waals surface area contributed by atoms with Crippen molar-refractivity contribution in [3.8, 4) is 17.3 Å². The van der Waals surface area contributed by atoms with Crippen LogP contribution >= 0.6 is 27.3 Å². The van der Waals surface area contributed by atoms with Gasteiger partial charge in [0.25, 0.3) is 0 Å². The topological polar surface area (TPSA) is 48.7 Å². The molecule has 0 spiro atoms. The van der Waals surface area contributed by atoms with E-state index in [1.165, 1.54) is 11.3 Å². The Morgan fingerprint density at radius 3 is 2.57 bits per heavy atom. The first-order chi connectivity index (χ1) is 11.3. The summed E-state index contributed by atoms with van der Waals surface area (Å²) in [6.07, 6.45) is 1.69. The first-order valence-electron chi connectivity index (χ1n) is 6.90. The number of aromatic nitrogens is 1. The summed E-state index contributed by atoms with van der Waals surface area (Å²) < 4.78 is 1.01. The van der Waals surface area contributed by atoms with Gasteiger partial charge < -0.3 is 5.32 Å². The summed E-state index contributed by atoms with van der Waals surface area (Å²) in [4.78, 5) is 4.56. The Kier molecular flexibility index (Phi) is 4.86. The van der Waals surface area contributed by atoms with Gasteiger partial charge >= 0.3 is 0 Å². The lowest BCUT2D eigenvalue weighted by Crippen LogP contribution is -1.90. The average Bonchev–Trinajstić information content (AvgIpc) is 3.08. The molecule has 0 amide bonds. The molecule has 0 radical (unpaired) electrons. The second-order valence-electron chi connectivity index (χ2n) is 4.72. The quantitative estimate of drug-likeness (QED) is 0.602. The molecule has 0 aliphatic rings. The fourth-order valence-corrected chi connectivity index (χ4v) is 3.04. The molecule has 1 heterocycles. The minimum atomic E-state index is 0.514. The number of nitrogens with one attached hydrogen (secondary N) is 1. The number of anilines is 1. The maximum absolute atomic E-state index is 9.38. The van der Waals surface area contributed by atoms with Gasteiger partial charge in [0.05, 0.1) is 5.69 Å². The Balaban J connectivity index is 1.81. The van der Waals surface area contributed by atoms with Gasteiger partial charge in [-0.3, -0.25) is 0 Å². The van der Waals surface area contributed by atoms with E-state index in [2.05, 4.69) is 32.3 Å². The van der Waals surface area contributed by atoms with Gasteiger partial charge in [-0.25, -0.2) is 4.98 Å². The molecule has 3 rings (SSSR count). The summed E-state index contributed by atoms with van der Waals surface area (Å²) in [5, 5.41) is 15.2. The third kappa shape index (κ3) is 3.86. The third-order valence-corrected chi connectivity index (χ3v) is 4.56. The Labute approximate surface area is 147 Å². The van der Waals surface area contributed by atoms with Gasteiger partial charge in [-0.15, -0.1) is 11.3 Å². The van der Waals surface area contributed by atoms with E-state index >= 15 is 0 Å². The monoisotopic (exact) mass is 381 g/mol. The summed E-state index contributed by atoms with van der Waals surface area (Å²) in [5.74, 6) is 0. The Hall–Kier alpha value is -2.42. The van der Waals surface area contributed by atoms with E-state index in [-0.39, 0.29) is 0 Å². The van der Waals surface area contributed by atoms with E-state index in [0.717, 1.165) is 21.4 Å². The van der Waals surface area contributed by atoms with E-state index in [4.69, 9.17) is 0 Å². The lowest BCUT2D eigenvalue weighted by molar-refractivity contribution is 1.36. The molecule has 0 saturated carbocycles. The first kappa shape index (κ1) is 15.5. The number of rotatable bonds is 4. The van der Waals surface area contributed by atoms with Crippen molar-refractivity contribution >= 4 is 38.5 Å². The van der Waals surface area contributed by atoms with Crippen LogP contribution in [0.1, 0.15) is 5.01 Å². The van der Waals surface area contributed by atoms with E-state index in [1.807, 2.05) is 60.0 Å². The second kappa shape index (κ2) is 7.23. The minimum absolute atomic E-state index is 0.514. The third-order valence-electron chi connectivity index (χ3n) is 3.15. The molecule has 0 atom stereocenters. The fourth-order valence-electron chi connectivity index (χ4n) is 1.98. The van der Waals surface area contributed by atoms with E-state index < -0.39 is 0 Å².